The zero-order valence-corrected chi connectivity index (χ0v) is 26.8. The highest BCUT2D eigenvalue weighted by molar-refractivity contribution is 7.17. The Balaban J connectivity index is 1.18. The number of aliphatic carboxylic acids is 1. The number of ether oxygens (including phenoxy) is 1. The van der Waals surface area contributed by atoms with Gasteiger partial charge in [0.05, 0.1) is 12.1 Å². The van der Waals surface area contributed by atoms with E-state index in [1.807, 2.05) is 41.8 Å². The van der Waals surface area contributed by atoms with Gasteiger partial charge in [0.25, 0.3) is 0 Å². The molecule has 3 N–H and O–H groups in total. The third kappa shape index (κ3) is 6.71. The zero-order chi connectivity index (χ0) is 32.5. The summed E-state index contributed by atoms with van der Waals surface area (Å²) in [6.45, 7) is 0.0745. The van der Waals surface area contributed by atoms with E-state index in [0.29, 0.717) is 48.1 Å². The van der Waals surface area contributed by atoms with Crippen molar-refractivity contribution < 1.29 is 29.0 Å². The van der Waals surface area contributed by atoms with Crippen molar-refractivity contribution in [3.63, 3.8) is 0 Å². The monoisotopic (exact) mass is 658 g/mol. The molecule has 1 saturated heterocycles. The summed E-state index contributed by atoms with van der Waals surface area (Å²) in [7, 11) is 0. The average Bonchev–Trinajstić information content (AvgIpc) is 3.89. The van der Waals surface area contributed by atoms with Crippen LogP contribution in [0.3, 0.4) is 0 Å². The van der Waals surface area contributed by atoms with E-state index >= 15 is 0 Å². The number of nitrogens with one attached hydrogen (secondary N) is 2. The predicted molar refractivity (Wildman–Crippen MR) is 173 cm³/mol. The van der Waals surface area contributed by atoms with E-state index in [1.54, 1.807) is 6.20 Å². The maximum Gasteiger partial charge on any atom is 0.330 e. The van der Waals surface area contributed by atoms with E-state index in [0.717, 1.165) is 43.2 Å². The molecule has 0 spiro atoms. The van der Waals surface area contributed by atoms with Gasteiger partial charge in [-0.15, -0.1) is 11.3 Å². The SMILES string of the molecule is O=C(CC1CC1)N[C@H]1CCCCCC=C[C@@H]2C[C@@]2(C(=O)O)NC(=O)[C@@H]2C[C@@H](Oc3nc(-c4ccccn4)nc4ccsc34)CN2C1=O. The molecule has 0 aromatic carbocycles. The number of amides is 3. The topological polar surface area (TPSA) is 164 Å². The van der Waals surface area contributed by atoms with Crippen molar-refractivity contribution in [1.29, 1.82) is 0 Å². The van der Waals surface area contributed by atoms with E-state index in [1.165, 1.54) is 16.2 Å². The summed E-state index contributed by atoms with van der Waals surface area (Å²) < 4.78 is 7.21. The van der Waals surface area contributed by atoms with Gasteiger partial charge in [-0.05, 0) is 68.0 Å². The molecule has 0 unspecified atom stereocenters. The molecule has 47 heavy (non-hydrogen) atoms. The number of aromatic nitrogens is 3. The Bertz CT molecular complexity index is 1710. The average molecular weight is 659 g/mol. The molecule has 0 radical (unpaired) electrons. The molecule has 12 nitrogen and oxygen atoms in total. The first-order chi connectivity index (χ1) is 22.8. The second-order valence-corrected chi connectivity index (χ2v) is 14.0. The molecule has 246 valence electrons. The summed E-state index contributed by atoms with van der Waals surface area (Å²) in [6, 6.07) is 5.55. The van der Waals surface area contributed by atoms with Crippen molar-refractivity contribution in [2.24, 2.45) is 11.8 Å². The Labute approximate surface area is 276 Å². The quantitative estimate of drug-likeness (QED) is 0.320. The second-order valence-electron chi connectivity index (χ2n) is 13.1. The molecule has 3 aromatic rings. The van der Waals surface area contributed by atoms with Crippen molar-refractivity contribution in [1.82, 2.24) is 30.5 Å². The fourth-order valence-corrected chi connectivity index (χ4v) is 7.43. The number of nitrogens with zero attached hydrogens (tertiary/aromatic N) is 4. The fraction of sp³-hybridized carbons (Fsp3) is 0.500. The number of carboxylic acids is 1. The number of carbonyl (C=O) groups excluding carboxylic acids is 3. The van der Waals surface area contributed by atoms with Gasteiger partial charge in [0.15, 0.2) is 5.82 Å². The smallest absolute Gasteiger partial charge is 0.330 e. The number of allylic oxidation sites excluding steroid dienone is 1. The fourth-order valence-electron chi connectivity index (χ4n) is 6.67. The van der Waals surface area contributed by atoms with Crippen LogP contribution >= 0.6 is 11.3 Å². The van der Waals surface area contributed by atoms with Crippen LogP contribution in [0.5, 0.6) is 5.88 Å². The van der Waals surface area contributed by atoms with Crippen LogP contribution in [0.15, 0.2) is 48.0 Å². The number of thiophene rings is 1. The maximum atomic E-state index is 14.3. The standard InChI is InChI=1S/C34H38N6O6S/c41-27(16-20-11-12-20)36-25-10-5-3-1-2-4-8-21-18-34(21,33(44)45)39-30(42)26-17-22(19-40(26)32(25)43)46-31-28-23(13-15-47-28)37-29(38-31)24-9-6-7-14-35-24/h4,6-9,13-15,20-22,25-26H,1-3,5,10-12,16-19H2,(H,36,41)(H,39,42)(H,44,45)/t21-,22-,25+,26+,34-/m1/s1. The van der Waals surface area contributed by atoms with Crippen LogP contribution in [0.4, 0.5) is 0 Å². The highest BCUT2D eigenvalue weighted by atomic mass is 32.1. The van der Waals surface area contributed by atoms with Crippen LogP contribution in [0.2, 0.25) is 0 Å². The predicted octanol–water partition coefficient (Wildman–Crippen LogP) is 3.87. The molecular weight excluding hydrogens is 620 g/mol. The lowest BCUT2D eigenvalue weighted by Crippen LogP contribution is -2.56. The number of carbonyl (C=O) groups is 4. The number of rotatable bonds is 7. The van der Waals surface area contributed by atoms with E-state index < -0.39 is 35.6 Å². The van der Waals surface area contributed by atoms with Crippen molar-refractivity contribution in [2.75, 3.05) is 6.54 Å². The molecule has 2 aliphatic heterocycles. The molecule has 5 atom stereocenters. The van der Waals surface area contributed by atoms with Crippen LogP contribution in [-0.2, 0) is 19.2 Å². The van der Waals surface area contributed by atoms with Gasteiger partial charge >= 0.3 is 5.97 Å². The molecular formula is C34H38N6O6S. The number of hydrogen-bond donors (Lipinski definition) is 3. The molecule has 2 saturated carbocycles. The molecule has 7 rings (SSSR count). The van der Waals surface area contributed by atoms with Gasteiger partial charge in [-0.25, -0.2) is 9.78 Å². The summed E-state index contributed by atoms with van der Waals surface area (Å²) in [5, 5.41) is 17.8. The van der Waals surface area contributed by atoms with E-state index in [2.05, 4.69) is 20.6 Å². The van der Waals surface area contributed by atoms with E-state index in [4.69, 9.17) is 9.72 Å². The maximum absolute atomic E-state index is 14.3. The minimum Gasteiger partial charge on any atom is -0.479 e. The normalized spacial score (nSPS) is 28.0. The Hall–Kier alpha value is -4.39. The summed E-state index contributed by atoms with van der Waals surface area (Å²) >= 11 is 1.43. The van der Waals surface area contributed by atoms with E-state index in [9.17, 15) is 24.3 Å². The van der Waals surface area contributed by atoms with Gasteiger partial charge in [-0.1, -0.05) is 31.1 Å². The summed E-state index contributed by atoms with van der Waals surface area (Å²) in [5.74, 6) is -1.40. The molecule has 4 aliphatic rings. The number of fused-ring (bicyclic) bond motifs is 3. The lowest BCUT2D eigenvalue weighted by atomic mass is 10.0. The van der Waals surface area contributed by atoms with Crippen LogP contribution in [0.1, 0.15) is 64.2 Å². The van der Waals surface area contributed by atoms with Gasteiger partial charge in [0.2, 0.25) is 23.6 Å². The first kappa shape index (κ1) is 31.2. The van der Waals surface area contributed by atoms with Crippen LogP contribution in [0.25, 0.3) is 21.7 Å². The van der Waals surface area contributed by atoms with Crippen LogP contribution in [0, 0.1) is 11.8 Å². The number of hydrogen-bond acceptors (Lipinski definition) is 9. The Morgan fingerprint density at radius 3 is 2.79 bits per heavy atom. The van der Waals surface area contributed by atoms with Crippen molar-refractivity contribution >= 4 is 45.2 Å². The van der Waals surface area contributed by atoms with Crippen molar-refractivity contribution in [2.45, 2.75) is 87.9 Å². The summed E-state index contributed by atoms with van der Waals surface area (Å²) in [5.41, 5.74) is -0.139. The highest BCUT2D eigenvalue weighted by Crippen LogP contribution is 2.45. The second kappa shape index (κ2) is 13.0. The summed E-state index contributed by atoms with van der Waals surface area (Å²) in [4.78, 5) is 68.8. The van der Waals surface area contributed by atoms with Gasteiger partial charge in [-0.2, -0.15) is 4.98 Å². The largest absolute Gasteiger partial charge is 0.479 e. The minimum atomic E-state index is -1.41. The highest BCUT2D eigenvalue weighted by Gasteiger charge is 2.61. The lowest BCUT2D eigenvalue weighted by molar-refractivity contribution is -0.146. The third-order valence-electron chi connectivity index (χ3n) is 9.57. The molecule has 13 heteroatoms. The third-order valence-corrected chi connectivity index (χ3v) is 10.5. The first-order valence-corrected chi connectivity index (χ1v) is 17.3. The molecule has 3 amide bonds. The Morgan fingerprint density at radius 1 is 1.13 bits per heavy atom. The van der Waals surface area contributed by atoms with Gasteiger partial charge in [0.1, 0.15) is 34.1 Å². The molecule has 5 heterocycles. The zero-order valence-electron chi connectivity index (χ0n) is 26.0. The molecule has 0 bridgehead atoms. The van der Waals surface area contributed by atoms with Crippen LogP contribution in [-0.4, -0.2) is 78.9 Å². The molecule has 2 aliphatic carbocycles. The Morgan fingerprint density at radius 2 is 2.00 bits per heavy atom. The molecule has 3 aromatic heterocycles. The Kier molecular flexibility index (Phi) is 8.65. The van der Waals surface area contributed by atoms with Crippen molar-refractivity contribution in [3.8, 4) is 17.4 Å². The number of carboxylic acid groups (broad SMARTS) is 1. The van der Waals surface area contributed by atoms with Gasteiger partial charge < -0.3 is 25.4 Å². The van der Waals surface area contributed by atoms with Gasteiger partial charge in [0, 0.05) is 25.0 Å². The minimum absolute atomic E-state index is 0.0745. The van der Waals surface area contributed by atoms with Crippen molar-refractivity contribution in [3.05, 3.63) is 48.0 Å². The molecule has 3 fully saturated rings. The van der Waals surface area contributed by atoms with E-state index in [-0.39, 0.29) is 30.7 Å². The van der Waals surface area contributed by atoms with Crippen LogP contribution < -0.4 is 15.4 Å². The van der Waals surface area contributed by atoms with Gasteiger partial charge in [-0.3, -0.25) is 19.4 Å². The first-order valence-electron chi connectivity index (χ1n) is 16.5. The summed E-state index contributed by atoms with van der Waals surface area (Å²) in [6.07, 6.45) is 11.5. The lowest BCUT2D eigenvalue weighted by Gasteiger charge is -2.29. The number of pyridine rings is 1.